The van der Waals surface area contributed by atoms with E-state index in [-0.39, 0.29) is 17.7 Å². The third kappa shape index (κ3) is 6.88. The predicted molar refractivity (Wildman–Crippen MR) is 183 cm³/mol. The van der Waals surface area contributed by atoms with Crippen LogP contribution in [0.5, 0.6) is 17.2 Å². The number of carbonyl (C=O) groups excluding carboxylic acids is 1. The molecule has 0 radical (unpaired) electrons. The van der Waals surface area contributed by atoms with E-state index in [9.17, 15) is 9.59 Å². The SMILES string of the molecule is CCOC(=O)C1=C(C)N=c2s/c(=C\c3ccc(OCc4ccc(Cl)c(Cl)c4)c(Br)c3)c(=O)n2[C@H]1c1cc(OC)c(OC)cc1Br. The number of ether oxygens (including phenoxy) is 4. The molecule has 0 unspecified atom stereocenters. The van der Waals surface area contributed by atoms with Crippen molar-refractivity contribution in [2.45, 2.75) is 26.5 Å². The highest BCUT2D eigenvalue weighted by Gasteiger charge is 2.35. The number of fused-ring (bicyclic) bond motifs is 1. The Morgan fingerprint density at radius 2 is 1.73 bits per heavy atom. The van der Waals surface area contributed by atoms with Gasteiger partial charge in [0.15, 0.2) is 16.3 Å². The standard InChI is InChI=1S/C32H26Br2Cl2N2O6S/c1-5-43-31(40)28-16(2)37-32-38(29(28)19-13-25(41-3)26(42-4)14-20(19)33)30(39)27(45-32)12-17-7-9-24(21(34)10-17)44-15-18-6-8-22(35)23(36)11-18/h6-14,29H,5,15H2,1-4H3/b27-12-/t29-/m0/s1. The highest BCUT2D eigenvalue weighted by molar-refractivity contribution is 9.10. The molecule has 0 aliphatic carbocycles. The number of esters is 1. The van der Waals surface area contributed by atoms with Crippen LogP contribution in [0.3, 0.4) is 0 Å². The summed E-state index contributed by atoms with van der Waals surface area (Å²) in [6.45, 7) is 3.92. The zero-order chi connectivity index (χ0) is 32.4. The van der Waals surface area contributed by atoms with Crippen LogP contribution in [0.1, 0.15) is 36.6 Å². The molecule has 1 atom stereocenters. The Balaban J connectivity index is 1.56. The first-order chi connectivity index (χ1) is 21.6. The third-order valence-electron chi connectivity index (χ3n) is 6.95. The van der Waals surface area contributed by atoms with E-state index in [1.54, 1.807) is 44.2 Å². The van der Waals surface area contributed by atoms with Crippen molar-refractivity contribution in [2.75, 3.05) is 20.8 Å². The Bertz CT molecular complexity index is 2020. The Morgan fingerprint density at radius 3 is 2.40 bits per heavy atom. The van der Waals surface area contributed by atoms with Crippen LogP contribution < -0.4 is 29.1 Å². The lowest BCUT2D eigenvalue weighted by Gasteiger charge is -2.26. The van der Waals surface area contributed by atoms with E-state index in [1.165, 1.54) is 30.1 Å². The second kappa shape index (κ2) is 14.1. The third-order valence-corrected chi connectivity index (χ3v) is 9.97. The first-order valence-corrected chi connectivity index (χ1v) is 16.7. The number of methoxy groups -OCH3 is 2. The van der Waals surface area contributed by atoms with Crippen LogP contribution >= 0.6 is 66.4 Å². The number of carbonyl (C=O) groups is 1. The number of hydrogen-bond donors (Lipinski definition) is 0. The van der Waals surface area contributed by atoms with Gasteiger partial charge < -0.3 is 18.9 Å². The molecule has 2 heterocycles. The second-order valence-corrected chi connectivity index (χ2v) is 13.3. The van der Waals surface area contributed by atoms with Crippen molar-refractivity contribution in [2.24, 2.45) is 4.99 Å². The van der Waals surface area contributed by atoms with Crippen molar-refractivity contribution in [1.29, 1.82) is 0 Å². The van der Waals surface area contributed by atoms with Gasteiger partial charge in [-0.25, -0.2) is 9.79 Å². The zero-order valence-corrected chi connectivity index (χ0v) is 30.0. The normalized spacial score (nSPS) is 14.6. The molecule has 4 aromatic rings. The molecule has 0 N–H and O–H groups in total. The minimum absolute atomic E-state index is 0.169. The van der Waals surface area contributed by atoms with Gasteiger partial charge in [0, 0.05) is 4.47 Å². The predicted octanol–water partition coefficient (Wildman–Crippen LogP) is 7.23. The average Bonchev–Trinajstić information content (AvgIpc) is 3.31. The van der Waals surface area contributed by atoms with E-state index in [0.29, 0.717) is 63.4 Å². The fourth-order valence-corrected chi connectivity index (χ4v) is 7.25. The fraction of sp³-hybridized carbons (Fsp3) is 0.219. The largest absolute Gasteiger partial charge is 0.493 e. The number of nitrogens with zero attached hydrogens (tertiary/aromatic N) is 2. The first-order valence-electron chi connectivity index (χ1n) is 13.5. The fourth-order valence-electron chi connectivity index (χ4n) is 4.83. The van der Waals surface area contributed by atoms with Gasteiger partial charge in [-0.2, -0.15) is 0 Å². The Morgan fingerprint density at radius 1 is 1.00 bits per heavy atom. The van der Waals surface area contributed by atoms with Gasteiger partial charge in [0.2, 0.25) is 0 Å². The van der Waals surface area contributed by atoms with Crippen LogP contribution in [-0.2, 0) is 16.1 Å². The lowest BCUT2D eigenvalue weighted by Crippen LogP contribution is -2.40. The van der Waals surface area contributed by atoms with Crippen molar-refractivity contribution < 1.29 is 23.7 Å². The number of thiazole rings is 1. The molecule has 8 nitrogen and oxygen atoms in total. The summed E-state index contributed by atoms with van der Waals surface area (Å²) < 4.78 is 25.7. The summed E-state index contributed by atoms with van der Waals surface area (Å²) in [5.41, 5.74) is 2.66. The molecule has 1 aromatic heterocycles. The summed E-state index contributed by atoms with van der Waals surface area (Å²) in [5.74, 6) is 1.00. The smallest absolute Gasteiger partial charge is 0.338 e. The van der Waals surface area contributed by atoms with Crippen LogP contribution in [0, 0.1) is 0 Å². The highest BCUT2D eigenvalue weighted by Crippen LogP contribution is 2.41. The maximum atomic E-state index is 14.1. The monoisotopic (exact) mass is 794 g/mol. The molecule has 13 heteroatoms. The molecule has 0 amide bonds. The Hall–Kier alpha value is -3.09. The van der Waals surface area contributed by atoms with Gasteiger partial charge in [-0.3, -0.25) is 9.36 Å². The van der Waals surface area contributed by atoms with E-state index in [0.717, 1.165) is 11.1 Å². The summed E-state index contributed by atoms with van der Waals surface area (Å²) in [6, 6.07) is 13.5. The zero-order valence-electron chi connectivity index (χ0n) is 24.5. The molecule has 0 fully saturated rings. The van der Waals surface area contributed by atoms with Gasteiger partial charge in [0.1, 0.15) is 12.4 Å². The second-order valence-electron chi connectivity index (χ2n) is 9.76. The number of rotatable bonds is 9. The van der Waals surface area contributed by atoms with Crippen molar-refractivity contribution in [3.8, 4) is 17.2 Å². The van der Waals surface area contributed by atoms with Crippen LogP contribution in [0.4, 0.5) is 0 Å². The summed E-state index contributed by atoms with van der Waals surface area (Å²) in [6.07, 6.45) is 1.78. The number of allylic oxidation sites excluding steroid dienone is 1. The quantitative estimate of drug-likeness (QED) is 0.166. The van der Waals surface area contributed by atoms with Crippen LogP contribution in [0.2, 0.25) is 10.0 Å². The van der Waals surface area contributed by atoms with Gasteiger partial charge >= 0.3 is 5.97 Å². The lowest BCUT2D eigenvalue weighted by molar-refractivity contribution is -0.139. The minimum atomic E-state index is -0.833. The number of benzene rings is 3. The van der Waals surface area contributed by atoms with Crippen molar-refractivity contribution in [3.63, 3.8) is 0 Å². The van der Waals surface area contributed by atoms with Gasteiger partial charge in [0.05, 0.1) is 57.2 Å². The van der Waals surface area contributed by atoms with Crippen LogP contribution in [0.15, 0.2) is 78.5 Å². The van der Waals surface area contributed by atoms with Crippen LogP contribution in [0.25, 0.3) is 6.08 Å². The molecule has 234 valence electrons. The maximum absolute atomic E-state index is 14.1. The van der Waals surface area contributed by atoms with E-state index >= 15 is 0 Å². The Labute approximate surface area is 289 Å². The molecule has 0 bridgehead atoms. The van der Waals surface area contributed by atoms with Gasteiger partial charge in [-0.15, -0.1) is 0 Å². The summed E-state index contributed by atoms with van der Waals surface area (Å²) in [7, 11) is 3.06. The topological polar surface area (TPSA) is 88.4 Å². The molecule has 0 saturated carbocycles. The molecule has 0 spiro atoms. The van der Waals surface area contributed by atoms with E-state index < -0.39 is 12.0 Å². The average molecular weight is 797 g/mol. The van der Waals surface area contributed by atoms with Gasteiger partial charge in [-0.1, -0.05) is 62.6 Å². The minimum Gasteiger partial charge on any atom is -0.493 e. The molecule has 3 aromatic carbocycles. The molecule has 0 saturated heterocycles. The molecular weight excluding hydrogens is 771 g/mol. The number of hydrogen-bond acceptors (Lipinski definition) is 8. The Kier molecular flexibility index (Phi) is 10.4. The summed E-state index contributed by atoms with van der Waals surface area (Å²) in [4.78, 5) is 32.5. The summed E-state index contributed by atoms with van der Waals surface area (Å²) >= 11 is 20.6. The lowest BCUT2D eigenvalue weighted by atomic mass is 9.95. The van der Waals surface area contributed by atoms with Crippen molar-refractivity contribution >= 4 is 78.4 Å². The van der Waals surface area contributed by atoms with E-state index in [1.807, 2.05) is 24.3 Å². The molecular formula is C32H26Br2Cl2N2O6S. The van der Waals surface area contributed by atoms with Crippen molar-refractivity contribution in [1.82, 2.24) is 4.57 Å². The molecule has 1 aliphatic heterocycles. The maximum Gasteiger partial charge on any atom is 0.338 e. The number of aromatic nitrogens is 1. The van der Waals surface area contributed by atoms with E-state index in [2.05, 4.69) is 36.9 Å². The van der Waals surface area contributed by atoms with E-state index in [4.69, 9.17) is 42.1 Å². The molecule has 5 rings (SSSR count). The highest BCUT2D eigenvalue weighted by atomic mass is 79.9. The van der Waals surface area contributed by atoms with Gasteiger partial charge in [0.25, 0.3) is 5.56 Å². The molecule has 45 heavy (non-hydrogen) atoms. The molecule has 1 aliphatic rings. The first kappa shape index (κ1) is 33.3. The van der Waals surface area contributed by atoms with Gasteiger partial charge in [-0.05, 0) is 88.9 Å². The summed E-state index contributed by atoms with van der Waals surface area (Å²) in [5, 5.41) is 0.935. The number of halogens is 4. The van der Waals surface area contributed by atoms with Crippen LogP contribution in [-0.4, -0.2) is 31.4 Å². The van der Waals surface area contributed by atoms with Crippen molar-refractivity contribution in [3.05, 3.63) is 115 Å².